The maximum atomic E-state index is 13.3. The fraction of sp³-hybridized carbons (Fsp3) is 0.417. The third kappa shape index (κ3) is 10.7. The Kier molecular flexibility index (Phi) is 15.2. The van der Waals surface area contributed by atoms with Gasteiger partial charge in [0.2, 0.25) is 10.0 Å². The number of benzene rings is 2. The zero-order valence-electron chi connectivity index (χ0n) is 20.2. The zero-order valence-corrected chi connectivity index (χ0v) is 24.9. The van der Waals surface area contributed by atoms with Crippen LogP contribution in [-0.4, -0.2) is 46.7 Å². The third-order valence-corrected chi connectivity index (χ3v) is 10.1. The second kappa shape index (κ2) is 16.7. The maximum absolute atomic E-state index is 13.3. The highest BCUT2D eigenvalue weighted by Crippen LogP contribution is 2.32. The molecule has 2 aromatic carbocycles. The van der Waals surface area contributed by atoms with Gasteiger partial charge in [-0.15, -0.1) is 12.8 Å². The summed E-state index contributed by atoms with van der Waals surface area (Å²) >= 11 is 18.4. The Morgan fingerprint density at radius 1 is 1.06 bits per heavy atom. The average molecular weight is 614 g/mol. The van der Waals surface area contributed by atoms with E-state index in [1.165, 1.54) is 0 Å². The van der Waals surface area contributed by atoms with E-state index in [2.05, 4.69) is 17.6 Å². The molecule has 3 atom stereocenters. The van der Waals surface area contributed by atoms with E-state index in [9.17, 15) is 16.8 Å². The van der Waals surface area contributed by atoms with Gasteiger partial charge in [-0.25, -0.2) is 17.3 Å². The van der Waals surface area contributed by atoms with Crippen molar-refractivity contribution < 1.29 is 16.8 Å². The Morgan fingerprint density at radius 3 is 2.25 bits per heavy atom. The lowest BCUT2D eigenvalue weighted by molar-refractivity contribution is 0.559. The van der Waals surface area contributed by atoms with Crippen molar-refractivity contribution in [2.24, 2.45) is 0 Å². The van der Waals surface area contributed by atoms with Crippen LogP contribution < -0.4 is 9.03 Å². The minimum absolute atomic E-state index is 0.0686. The highest BCUT2D eigenvalue weighted by atomic mass is 35.5. The molecule has 3 unspecified atom stereocenters. The number of nitrogens with one attached hydrogen (secondary N) is 1. The van der Waals surface area contributed by atoms with Crippen LogP contribution in [0.3, 0.4) is 0 Å². The molecule has 1 N–H and O–H groups in total. The molecule has 0 aromatic heterocycles. The van der Waals surface area contributed by atoms with Crippen molar-refractivity contribution in [1.82, 2.24) is 4.72 Å². The molecule has 1 aliphatic heterocycles. The van der Waals surface area contributed by atoms with Gasteiger partial charge in [0.15, 0.2) is 11.0 Å². The van der Waals surface area contributed by atoms with Crippen LogP contribution in [0.4, 0.5) is 5.69 Å². The number of terminal acetylenes is 1. The van der Waals surface area contributed by atoms with Gasteiger partial charge < -0.3 is 0 Å². The first kappa shape index (κ1) is 32.9. The van der Waals surface area contributed by atoms with Gasteiger partial charge >= 0.3 is 0 Å². The van der Waals surface area contributed by atoms with Crippen LogP contribution in [0.15, 0.2) is 47.4 Å². The highest BCUT2D eigenvalue weighted by molar-refractivity contribution is 7.89. The van der Waals surface area contributed by atoms with E-state index >= 15 is 0 Å². The van der Waals surface area contributed by atoms with Gasteiger partial charge in [-0.1, -0.05) is 48.7 Å². The van der Waals surface area contributed by atoms with E-state index in [1.54, 1.807) is 46.8 Å². The van der Waals surface area contributed by atoms with Gasteiger partial charge in [-0.05, 0) is 61.7 Å². The molecule has 0 aliphatic carbocycles. The predicted octanol–water partition coefficient (Wildman–Crippen LogP) is 5.67. The van der Waals surface area contributed by atoms with Crippen molar-refractivity contribution in [2.75, 3.05) is 28.1 Å². The SMILES string of the molecule is C#C.CC.O=S1CCC(NS(=O)(=O)CCCCN(c2cc(Cl)ccc2Cl)S(=O)c2ccc(Cl)cc2)C1. The normalized spacial score (nSPS) is 17.8. The Balaban J connectivity index is 0.00000154. The molecule has 0 saturated carbocycles. The second-order valence-electron chi connectivity index (χ2n) is 7.34. The van der Waals surface area contributed by atoms with E-state index < -0.39 is 31.8 Å². The van der Waals surface area contributed by atoms with Crippen LogP contribution in [0.1, 0.15) is 33.1 Å². The van der Waals surface area contributed by atoms with E-state index in [1.807, 2.05) is 13.8 Å². The number of anilines is 1. The molecule has 0 amide bonds. The molecule has 1 fully saturated rings. The molecule has 0 spiro atoms. The quantitative estimate of drug-likeness (QED) is 0.276. The highest BCUT2D eigenvalue weighted by Gasteiger charge is 2.25. The number of rotatable bonds is 10. The number of hydrogen-bond acceptors (Lipinski definition) is 4. The fourth-order valence-corrected chi connectivity index (χ4v) is 8.01. The van der Waals surface area contributed by atoms with Crippen LogP contribution in [0, 0.1) is 12.8 Å². The first-order valence-corrected chi connectivity index (χ1v) is 16.6. The average Bonchev–Trinajstić information content (AvgIpc) is 3.27. The van der Waals surface area contributed by atoms with Crippen LogP contribution in [0.25, 0.3) is 0 Å². The summed E-state index contributed by atoms with van der Waals surface area (Å²) in [6.07, 6.45) is 9.41. The minimum atomic E-state index is -3.48. The topological polar surface area (TPSA) is 83.6 Å². The summed E-state index contributed by atoms with van der Waals surface area (Å²) in [6, 6.07) is 11.3. The van der Waals surface area contributed by atoms with Gasteiger partial charge in [-0.2, -0.15) is 0 Å². The Bertz CT molecular complexity index is 1140. The first-order chi connectivity index (χ1) is 17.1. The Morgan fingerprint density at radius 2 is 1.67 bits per heavy atom. The van der Waals surface area contributed by atoms with Gasteiger partial charge in [0.25, 0.3) is 0 Å². The van der Waals surface area contributed by atoms with Gasteiger partial charge in [-0.3, -0.25) is 8.51 Å². The molecule has 1 aliphatic rings. The molecular formula is C24H31Cl3N2O4S3. The molecule has 1 saturated heterocycles. The number of hydrogen-bond donors (Lipinski definition) is 1. The van der Waals surface area contributed by atoms with Gasteiger partial charge in [0, 0.05) is 44.9 Å². The fourth-order valence-electron chi connectivity index (χ4n) is 3.27. The van der Waals surface area contributed by atoms with E-state index in [0.717, 1.165) is 0 Å². The zero-order chi connectivity index (χ0) is 27.3. The van der Waals surface area contributed by atoms with Gasteiger partial charge in [0.1, 0.15) is 0 Å². The summed E-state index contributed by atoms with van der Waals surface area (Å²) in [4.78, 5) is 0.536. The molecule has 2 aromatic rings. The van der Waals surface area contributed by atoms with Crippen molar-refractivity contribution in [3.63, 3.8) is 0 Å². The van der Waals surface area contributed by atoms with Crippen molar-refractivity contribution in [3.05, 3.63) is 57.5 Å². The minimum Gasteiger partial charge on any atom is -0.286 e. The molecule has 6 nitrogen and oxygen atoms in total. The lowest BCUT2D eigenvalue weighted by Crippen LogP contribution is -2.37. The van der Waals surface area contributed by atoms with Crippen LogP contribution in [0.5, 0.6) is 0 Å². The largest absolute Gasteiger partial charge is 0.286 e. The second-order valence-corrected chi connectivity index (χ2v) is 13.5. The standard InChI is InChI=1S/C20H23Cl3N2O4S3.C2H6.C2H2/c21-15-3-6-18(7-4-15)31(27)25(20-13-16(22)5-8-19(20)23)10-1-2-12-32(28,29)24-17-9-11-30(26)14-17;2*1-2/h3-8,13,17,24H,1-2,9-12,14H2;1-2H3;1-2H. The molecule has 1 heterocycles. The monoisotopic (exact) mass is 612 g/mol. The summed E-state index contributed by atoms with van der Waals surface area (Å²) in [5.41, 5.74) is 0.502. The maximum Gasteiger partial charge on any atom is 0.211 e. The van der Waals surface area contributed by atoms with Crippen LogP contribution in [0.2, 0.25) is 15.1 Å². The summed E-state index contributed by atoms with van der Waals surface area (Å²) in [6.45, 7) is 4.30. The summed E-state index contributed by atoms with van der Waals surface area (Å²) in [7, 11) is -6.03. The Labute approximate surface area is 235 Å². The lowest BCUT2D eigenvalue weighted by atomic mass is 10.3. The number of unbranched alkanes of at least 4 members (excludes halogenated alkanes) is 1. The smallest absolute Gasteiger partial charge is 0.211 e. The molecule has 200 valence electrons. The molecule has 12 heteroatoms. The number of nitrogens with zero attached hydrogens (tertiary/aromatic N) is 1. The number of halogens is 3. The van der Waals surface area contributed by atoms with Crippen molar-refractivity contribution >= 4 is 72.3 Å². The molecule has 36 heavy (non-hydrogen) atoms. The van der Waals surface area contributed by atoms with E-state index in [0.29, 0.717) is 63.0 Å². The number of sulfonamides is 1. The summed E-state index contributed by atoms with van der Waals surface area (Å²) in [5.74, 6) is 0.820. The van der Waals surface area contributed by atoms with Crippen molar-refractivity contribution in [1.29, 1.82) is 0 Å². The molecule has 0 bridgehead atoms. The van der Waals surface area contributed by atoms with E-state index in [-0.39, 0.29) is 11.8 Å². The van der Waals surface area contributed by atoms with Crippen LogP contribution in [-0.2, 0) is 31.8 Å². The molecule has 3 rings (SSSR count). The van der Waals surface area contributed by atoms with Crippen LogP contribution >= 0.6 is 34.8 Å². The van der Waals surface area contributed by atoms with Crippen molar-refractivity contribution in [2.45, 2.75) is 44.0 Å². The van der Waals surface area contributed by atoms with Gasteiger partial charge in [0.05, 0.1) is 21.4 Å². The predicted molar refractivity (Wildman–Crippen MR) is 155 cm³/mol. The lowest BCUT2D eigenvalue weighted by Gasteiger charge is -2.25. The summed E-state index contributed by atoms with van der Waals surface area (Å²) < 4.78 is 53.7. The first-order valence-electron chi connectivity index (χ1n) is 11.2. The Hall–Kier alpha value is -1.12. The molecule has 0 radical (unpaired) electrons. The summed E-state index contributed by atoms with van der Waals surface area (Å²) in [5, 5.41) is 1.37. The third-order valence-electron chi connectivity index (χ3n) is 4.84. The van der Waals surface area contributed by atoms with Crippen molar-refractivity contribution in [3.8, 4) is 12.8 Å². The molecular weight excluding hydrogens is 583 g/mol. The van der Waals surface area contributed by atoms with E-state index in [4.69, 9.17) is 34.8 Å².